The third kappa shape index (κ3) is 2.92. The van der Waals surface area contributed by atoms with Crippen LogP contribution in [0.5, 0.6) is 5.75 Å². The van der Waals surface area contributed by atoms with Crippen LogP contribution in [0.25, 0.3) is 4.96 Å². The number of ether oxygens (including phenoxy) is 1. The molecule has 3 aromatic rings. The summed E-state index contributed by atoms with van der Waals surface area (Å²) in [5.74, 6) is 0.837. The van der Waals surface area contributed by atoms with Crippen molar-refractivity contribution in [3.63, 3.8) is 0 Å². The minimum Gasteiger partial charge on any atom is -0.497 e. The van der Waals surface area contributed by atoms with Crippen LogP contribution in [0, 0.1) is 11.3 Å². The normalized spacial score (nSPS) is 11.6. The van der Waals surface area contributed by atoms with Crippen molar-refractivity contribution in [3.8, 4) is 11.8 Å². The van der Waals surface area contributed by atoms with Crippen molar-refractivity contribution < 1.29 is 4.74 Å². The molecule has 6 heteroatoms. The van der Waals surface area contributed by atoms with E-state index in [4.69, 9.17) is 4.74 Å². The molecule has 0 saturated carbocycles. The standard InChI is InChI=1S/C17H18N4OS/c1-17(2,3)15-13(10-18)21-16(19-15)23-14(20-21)9-11-5-7-12(22-4)8-6-11/h5-8H,9H2,1-4H3. The second kappa shape index (κ2) is 5.67. The smallest absolute Gasteiger partial charge is 0.213 e. The van der Waals surface area contributed by atoms with Crippen molar-refractivity contribution in [1.82, 2.24) is 14.6 Å². The highest BCUT2D eigenvalue weighted by Gasteiger charge is 2.25. The summed E-state index contributed by atoms with van der Waals surface area (Å²) in [7, 11) is 1.65. The van der Waals surface area contributed by atoms with Crippen molar-refractivity contribution in [2.45, 2.75) is 32.6 Å². The van der Waals surface area contributed by atoms with Gasteiger partial charge < -0.3 is 4.74 Å². The van der Waals surface area contributed by atoms with Gasteiger partial charge in [-0.1, -0.05) is 44.2 Å². The van der Waals surface area contributed by atoms with Crippen LogP contribution in [0.3, 0.4) is 0 Å². The third-order valence-corrected chi connectivity index (χ3v) is 4.48. The fourth-order valence-corrected chi connectivity index (χ4v) is 3.33. The summed E-state index contributed by atoms with van der Waals surface area (Å²) < 4.78 is 6.84. The van der Waals surface area contributed by atoms with Crippen LogP contribution in [0.2, 0.25) is 0 Å². The van der Waals surface area contributed by atoms with Crippen molar-refractivity contribution in [2.75, 3.05) is 7.11 Å². The average molecular weight is 326 g/mol. The molecule has 2 heterocycles. The largest absolute Gasteiger partial charge is 0.497 e. The summed E-state index contributed by atoms with van der Waals surface area (Å²) in [6.07, 6.45) is 0.716. The van der Waals surface area contributed by atoms with Crippen molar-refractivity contribution in [2.24, 2.45) is 0 Å². The van der Waals surface area contributed by atoms with Crippen molar-refractivity contribution in [1.29, 1.82) is 5.26 Å². The summed E-state index contributed by atoms with van der Waals surface area (Å²) in [6.45, 7) is 6.16. The molecule has 0 aliphatic carbocycles. The average Bonchev–Trinajstić information content (AvgIpc) is 3.04. The molecular weight excluding hydrogens is 308 g/mol. The number of nitrogens with zero attached hydrogens (tertiary/aromatic N) is 4. The zero-order chi connectivity index (χ0) is 16.6. The number of methoxy groups -OCH3 is 1. The molecule has 5 nitrogen and oxygen atoms in total. The predicted molar refractivity (Wildman–Crippen MR) is 90.1 cm³/mol. The fraction of sp³-hybridized carbons (Fsp3) is 0.353. The van der Waals surface area contributed by atoms with Crippen LogP contribution in [-0.2, 0) is 11.8 Å². The van der Waals surface area contributed by atoms with Gasteiger partial charge in [0.2, 0.25) is 4.96 Å². The van der Waals surface area contributed by atoms with Gasteiger partial charge in [-0.3, -0.25) is 0 Å². The van der Waals surface area contributed by atoms with E-state index in [1.54, 1.807) is 11.6 Å². The Kier molecular flexibility index (Phi) is 3.82. The molecule has 0 saturated heterocycles. The molecule has 0 unspecified atom stereocenters. The van der Waals surface area contributed by atoms with E-state index in [-0.39, 0.29) is 5.41 Å². The maximum atomic E-state index is 9.47. The van der Waals surface area contributed by atoms with Crippen LogP contribution in [0.1, 0.15) is 42.7 Å². The van der Waals surface area contributed by atoms with E-state index in [1.165, 1.54) is 11.3 Å². The second-order valence-electron chi connectivity index (χ2n) is 6.39. The Hall–Kier alpha value is -2.39. The highest BCUT2D eigenvalue weighted by Crippen LogP contribution is 2.28. The Morgan fingerprint density at radius 2 is 1.96 bits per heavy atom. The molecule has 2 aromatic heterocycles. The van der Waals surface area contributed by atoms with Gasteiger partial charge in [0.05, 0.1) is 12.8 Å². The zero-order valence-electron chi connectivity index (χ0n) is 13.6. The zero-order valence-corrected chi connectivity index (χ0v) is 14.4. The van der Waals surface area contributed by atoms with Crippen LogP contribution in [0.4, 0.5) is 0 Å². The molecule has 118 valence electrons. The summed E-state index contributed by atoms with van der Waals surface area (Å²) >= 11 is 1.53. The number of nitriles is 1. The van der Waals surface area contributed by atoms with E-state index in [1.807, 2.05) is 24.3 Å². The number of benzene rings is 1. The molecule has 3 rings (SSSR count). The number of hydrogen-bond acceptors (Lipinski definition) is 5. The SMILES string of the molecule is COc1ccc(Cc2nn3c(C#N)c(C(C)(C)C)nc3s2)cc1. The molecule has 0 fully saturated rings. The Bertz CT molecular complexity index is 878. The van der Waals surface area contributed by atoms with Gasteiger partial charge in [-0.15, -0.1) is 0 Å². The van der Waals surface area contributed by atoms with Gasteiger partial charge in [0.25, 0.3) is 0 Å². The first-order valence-corrected chi connectivity index (χ1v) is 8.16. The molecule has 0 N–H and O–H groups in total. The lowest BCUT2D eigenvalue weighted by atomic mass is 9.91. The van der Waals surface area contributed by atoms with Gasteiger partial charge in [-0.2, -0.15) is 14.9 Å². The first-order chi connectivity index (χ1) is 10.9. The van der Waals surface area contributed by atoms with E-state index in [0.29, 0.717) is 12.1 Å². The Morgan fingerprint density at radius 1 is 1.26 bits per heavy atom. The topological polar surface area (TPSA) is 63.2 Å². The second-order valence-corrected chi connectivity index (χ2v) is 7.43. The number of imidazole rings is 1. The van der Waals surface area contributed by atoms with E-state index < -0.39 is 0 Å². The van der Waals surface area contributed by atoms with Gasteiger partial charge in [0, 0.05) is 11.8 Å². The summed E-state index contributed by atoms with van der Waals surface area (Å²) in [4.78, 5) is 5.39. The van der Waals surface area contributed by atoms with Crippen LogP contribution >= 0.6 is 11.3 Å². The van der Waals surface area contributed by atoms with Gasteiger partial charge in [0.15, 0.2) is 5.69 Å². The lowest BCUT2D eigenvalue weighted by molar-refractivity contribution is 0.414. The van der Waals surface area contributed by atoms with Crippen molar-refractivity contribution >= 4 is 16.3 Å². The Labute approximate surface area is 139 Å². The first kappa shape index (κ1) is 15.5. The maximum absolute atomic E-state index is 9.47. The van der Waals surface area contributed by atoms with E-state index in [0.717, 1.165) is 27.0 Å². The molecule has 0 bridgehead atoms. The molecule has 0 atom stereocenters. The summed E-state index contributed by atoms with van der Waals surface area (Å²) in [6, 6.07) is 10.2. The molecule has 23 heavy (non-hydrogen) atoms. The number of hydrogen-bond donors (Lipinski definition) is 0. The van der Waals surface area contributed by atoms with E-state index >= 15 is 0 Å². The highest BCUT2D eigenvalue weighted by atomic mass is 32.1. The molecule has 0 aliphatic heterocycles. The van der Waals surface area contributed by atoms with Gasteiger partial charge in [-0.05, 0) is 17.7 Å². The number of aromatic nitrogens is 3. The minimum atomic E-state index is -0.172. The Balaban J connectivity index is 1.94. The highest BCUT2D eigenvalue weighted by molar-refractivity contribution is 7.16. The van der Waals surface area contributed by atoms with Gasteiger partial charge in [0.1, 0.15) is 16.8 Å². The number of fused-ring (bicyclic) bond motifs is 1. The summed E-state index contributed by atoms with van der Waals surface area (Å²) in [5.41, 5.74) is 2.31. The fourth-order valence-electron chi connectivity index (χ4n) is 2.40. The molecule has 0 aliphatic rings. The van der Waals surface area contributed by atoms with Crippen molar-refractivity contribution in [3.05, 3.63) is 46.2 Å². The quantitative estimate of drug-likeness (QED) is 0.738. The predicted octanol–water partition coefficient (Wildman–Crippen LogP) is 3.56. The van der Waals surface area contributed by atoms with Crippen LogP contribution in [0.15, 0.2) is 24.3 Å². The lowest BCUT2D eigenvalue weighted by Crippen LogP contribution is -2.14. The lowest BCUT2D eigenvalue weighted by Gasteiger charge is -2.14. The first-order valence-electron chi connectivity index (χ1n) is 7.34. The number of rotatable bonds is 3. The molecule has 0 spiro atoms. The van der Waals surface area contributed by atoms with Crippen LogP contribution in [-0.4, -0.2) is 21.7 Å². The van der Waals surface area contributed by atoms with E-state index in [2.05, 4.69) is 36.9 Å². The maximum Gasteiger partial charge on any atom is 0.213 e. The monoisotopic (exact) mass is 326 g/mol. The summed E-state index contributed by atoms with van der Waals surface area (Å²) in [5, 5.41) is 15.0. The van der Waals surface area contributed by atoms with Crippen LogP contribution < -0.4 is 4.74 Å². The molecule has 0 amide bonds. The van der Waals surface area contributed by atoms with E-state index in [9.17, 15) is 5.26 Å². The molecule has 1 aromatic carbocycles. The third-order valence-electron chi connectivity index (χ3n) is 3.58. The Morgan fingerprint density at radius 3 is 2.52 bits per heavy atom. The van der Waals surface area contributed by atoms with Gasteiger partial charge >= 0.3 is 0 Å². The minimum absolute atomic E-state index is 0.172. The molecular formula is C17H18N4OS. The van der Waals surface area contributed by atoms with Gasteiger partial charge in [-0.25, -0.2) is 4.98 Å². The molecule has 0 radical (unpaired) electrons.